The molecule has 1 aromatic carbocycles. The monoisotopic (exact) mass is 325 g/mol. The number of aromatic nitrogens is 2. The topological polar surface area (TPSA) is 46.9 Å². The molecule has 0 aliphatic rings. The van der Waals surface area contributed by atoms with Gasteiger partial charge in [-0.15, -0.1) is 0 Å². The minimum absolute atomic E-state index is 0.139. The number of nitrogens with one attached hydrogen (secondary N) is 1. The zero-order valence-corrected chi connectivity index (χ0v) is 11.9. The summed E-state index contributed by atoms with van der Waals surface area (Å²) in [5.74, 6) is -0.426. The molecular formula is C13H13BrFN3O. The molecule has 0 saturated carbocycles. The van der Waals surface area contributed by atoms with Crippen LogP contribution in [0.3, 0.4) is 0 Å². The number of carbonyl (C=O) groups is 1. The molecule has 19 heavy (non-hydrogen) atoms. The lowest BCUT2D eigenvalue weighted by molar-refractivity contribution is -0.124. The van der Waals surface area contributed by atoms with E-state index in [2.05, 4.69) is 26.3 Å². The van der Waals surface area contributed by atoms with Gasteiger partial charge in [-0.05, 0) is 40.5 Å². The van der Waals surface area contributed by atoms with E-state index in [4.69, 9.17) is 0 Å². The molecule has 1 atom stereocenters. The Bertz CT molecular complexity index is 568. The van der Waals surface area contributed by atoms with Crippen molar-refractivity contribution in [3.63, 3.8) is 0 Å². The largest absolute Gasteiger partial charge is 0.350 e. The first-order valence-electron chi connectivity index (χ1n) is 5.78. The summed E-state index contributed by atoms with van der Waals surface area (Å²) in [7, 11) is 0. The van der Waals surface area contributed by atoms with E-state index < -0.39 is 6.04 Å². The van der Waals surface area contributed by atoms with Crippen molar-refractivity contribution in [3.05, 3.63) is 52.5 Å². The molecule has 2 rings (SSSR count). The number of halogens is 2. The standard InChI is InChI=1S/C13H13BrFN3O/c1-9(18-8-11(14)7-17-18)13(19)16-6-10-2-4-12(15)5-3-10/h2-5,7-9H,6H2,1H3,(H,16,19). The van der Waals surface area contributed by atoms with Crippen molar-refractivity contribution in [1.29, 1.82) is 0 Å². The predicted octanol–water partition coefficient (Wildman–Crippen LogP) is 2.66. The summed E-state index contributed by atoms with van der Waals surface area (Å²) in [5, 5.41) is 6.85. The molecule has 0 aliphatic heterocycles. The van der Waals surface area contributed by atoms with E-state index in [9.17, 15) is 9.18 Å². The molecule has 6 heteroatoms. The molecule has 1 unspecified atom stereocenters. The van der Waals surface area contributed by atoms with Gasteiger partial charge in [-0.3, -0.25) is 9.48 Å². The second kappa shape index (κ2) is 5.97. The Morgan fingerprint density at radius 1 is 1.47 bits per heavy atom. The second-order valence-corrected chi connectivity index (χ2v) is 5.07. The summed E-state index contributed by atoms with van der Waals surface area (Å²) < 4.78 is 15.1. The summed E-state index contributed by atoms with van der Waals surface area (Å²) in [4.78, 5) is 11.9. The summed E-state index contributed by atoms with van der Waals surface area (Å²) in [6, 6.07) is 5.63. The van der Waals surface area contributed by atoms with E-state index in [1.54, 1.807) is 36.1 Å². The Morgan fingerprint density at radius 3 is 2.74 bits per heavy atom. The van der Waals surface area contributed by atoms with Crippen molar-refractivity contribution >= 4 is 21.8 Å². The highest BCUT2D eigenvalue weighted by molar-refractivity contribution is 9.10. The second-order valence-electron chi connectivity index (χ2n) is 4.16. The maximum atomic E-state index is 12.7. The number of amides is 1. The van der Waals surface area contributed by atoms with Crippen LogP contribution in [0.5, 0.6) is 0 Å². The van der Waals surface area contributed by atoms with Crippen LogP contribution in [0.15, 0.2) is 41.1 Å². The fraction of sp³-hybridized carbons (Fsp3) is 0.231. The van der Waals surface area contributed by atoms with Crippen molar-refractivity contribution in [2.45, 2.75) is 19.5 Å². The third-order valence-electron chi connectivity index (χ3n) is 2.73. The maximum Gasteiger partial charge on any atom is 0.244 e. The number of carbonyl (C=O) groups excluding carboxylic acids is 1. The molecule has 1 heterocycles. The number of rotatable bonds is 4. The third-order valence-corrected chi connectivity index (χ3v) is 3.14. The van der Waals surface area contributed by atoms with Crippen LogP contribution in [0.1, 0.15) is 18.5 Å². The molecule has 1 aromatic heterocycles. The molecule has 0 saturated heterocycles. The Labute approximate surface area is 118 Å². The van der Waals surface area contributed by atoms with Gasteiger partial charge in [0.2, 0.25) is 5.91 Å². The average molecular weight is 326 g/mol. The number of nitrogens with zero attached hydrogens (tertiary/aromatic N) is 2. The van der Waals surface area contributed by atoms with Gasteiger partial charge in [0.05, 0.1) is 10.7 Å². The number of hydrogen-bond donors (Lipinski definition) is 1. The molecule has 0 aliphatic carbocycles. The quantitative estimate of drug-likeness (QED) is 0.939. The van der Waals surface area contributed by atoms with Crippen LogP contribution in [0.2, 0.25) is 0 Å². The number of hydrogen-bond acceptors (Lipinski definition) is 2. The highest BCUT2D eigenvalue weighted by Gasteiger charge is 2.15. The fourth-order valence-corrected chi connectivity index (χ4v) is 1.89. The molecule has 100 valence electrons. The van der Waals surface area contributed by atoms with Crippen LogP contribution in [-0.2, 0) is 11.3 Å². The van der Waals surface area contributed by atoms with E-state index >= 15 is 0 Å². The van der Waals surface area contributed by atoms with Gasteiger partial charge in [0, 0.05) is 12.7 Å². The third kappa shape index (κ3) is 3.64. The van der Waals surface area contributed by atoms with E-state index in [1.807, 2.05) is 0 Å². The van der Waals surface area contributed by atoms with Crippen molar-refractivity contribution in [2.24, 2.45) is 0 Å². The predicted molar refractivity (Wildman–Crippen MR) is 72.9 cm³/mol. The summed E-state index contributed by atoms with van der Waals surface area (Å²) in [6.45, 7) is 2.13. The molecule has 0 spiro atoms. The van der Waals surface area contributed by atoms with Gasteiger partial charge in [0.1, 0.15) is 11.9 Å². The van der Waals surface area contributed by atoms with Gasteiger partial charge in [-0.25, -0.2) is 4.39 Å². The highest BCUT2D eigenvalue weighted by Crippen LogP contribution is 2.12. The van der Waals surface area contributed by atoms with Crippen molar-refractivity contribution in [2.75, 3.05) is 0 Å². The minimum Gasteiger partial charge on any atom is -0.350 e. The molecule has 2 aromatic rings. The Kier molecular flexibility index (Phi) is 4.31. The van der Waals surface area contributed by atoms with E-state index in [-0.39, 0.29) is 11.7 Å². The first-order valence-corrected chi connectivity index (χ1v) is 6.57. The van der Waals surface area contributed by atoms with E-state index in [0.717, 1.165) is 10.0 Å². The van der Waals surface area contributed by atoms with Crippen molar-refractivity contribution in [3.8, 4) is 0 Å². The lowest BCUT2D eigenvalue weighted by Crippen LogP contribution is -2.30. The fourth-order valence-electron chi connectivity index (χ4n) is 1.59. The van der Waals surface area contributed by atoms with Gasteiger partial charge in [0.25, 0.3) is 0 Å². The van der Waals surface area contributed by atoms with Gasteiger partial charge in [-0.2, -0.15) is 5.10 Å². The van der Waals surface area contributed by atoms with Crippen LogP contribution in [-0.4, -0.2) is 15.7 Å². The summed E-state index contributed by atoms with van der Waals surface area (Å²) in [6.07, 6.45) is 3.37. The lowest BCUT2D eigenvalue weighted by atomic mass is 10.2. The molecule has 0 radical (unpaired) electrons. The highest BCUT2D eigenvalue weighted by atomic mass is 79.9. The lowest BCUT2D eigenvalue weighted by Gasteiger charge is -2.12. The summed E-state index contributed by atoms with van der Waals surface area (Å²) >= 11 is 3.28. The number of benzene rings is 1. The Hall–Kier alpha value is -1.69. The van der Waals surface area contributed by atoms with Gasteiger partial charge < -0.3 is 5.32 Å². The first-order chi connectivity index (χ1) is 9.06. The van der Waals surface area contributed by atoms with Crippen molar-refractivity contribution < 1.29 is 9.18 Å². The first kappa shape index (κ1) is 13.7. The van der Waals surface area contributed by atoms with Crippen LogP contribution in [0.4, 0.5) is 4.39 Å². The zero-order valence-electron chi connectivity index (χ0n) is 10.3. The van der Waals surface area contributed by atoms with Gasteiger partial charge >= 0.3 is 0 Å². The molecule has 4 nitrogen and oxygen atoms in total. The molecule has 0 fully saturated rings. The maximum absolute atomic E-state index is 12.7. The zero-order chi connectivity index (χ0) is 13.8. The van der Waals surface area contributed by atoms with Gasteiger partial charge in [-0.1, -0.05) is 12.1 Å². The molecule has 1 amide bonds. The van der Waals surface area contributed by atoms with Crippen LogP contribution < -0.4 is 5.32 Å². The normalized spacial score (nSPS) is 12.2. The SMILES string of the molecule is CC(C(=O)NCc1ccc(F)cc1)n1cc(Br)cn1. The molecular weight excluding hydrogens is 313 g/mol. The molecule has 1 N–H and O–H groups in total. The molecule has 0 bridgehead atoms. The van der Waals surface area contributed by atoms with E-state index in [0.29, 0.717) is 6.54 Å². The smallest absolute Gasteiger partial charge is 0.244 e. The summed E-state index contributed by atoms with van der Waals surface area (Å²) in [5.41, 5.74) is 0.851. The Morgan fingerprint density at radius 2 is 2.16 bits per heavy atom. The van der Waals surface area contributed by atoms with Crippen LogP contribution >= 0.6 is 15.9 Å². The van der Waals surface area contributed by atoms with Crippen molar-refractivity contribution in [1.82, 2.24) is 15.1 Å². The van der Waals surface area contributed by atoms with Crippen LogP contribution in [0.25, 0.3) is 0 Å². The van der Waals surface area contributed by atoms with Gasteiger partial charge in [0.15, 0.2) is 0 Å². The van der Waals surface area contributed by atoms with E-state index in [1.165, 1.54) is 12.1 Å². The average Bonchev–Trinajstić information content (AvgIpc) is 2.83. The van der Waals surface area contributed by atoms with Crippen LogP contribution in [0, 0.1) is 5.82 Å². The Balaban J connectivity index is 1.92. The minimum atomic E-state index is -0.397.